The van der Waals surface area contributed by atoms with E-state index in [9.17, 15) is 4.39 Å². The zero-order valence-electron chi connectivity index (χ0n) is 6.61. The summed E-state index contributed by atoms with van der Waals surface area (Å²) < 4.78 is 12.9. The largest absolute Gasteiger partial charge is 0.325 e. The first-order chi connectivity index (χ1) is 3.85. The number of nitrogens with two attached hydrogens (primary N) is 1. The maximum absolute atomic E-state index is 12.9. The predicted octanol–water partition coefficient (Wildman–Crippen LogP) is 1.72. The van der Waals surface area contributed by atoms with Crippen LogP contribution in [0.15, 0.2) is 0 Å². The van der Waals surface area contributed by atoms with Crippen LogP contribution in [0.2, 0.25) is 0 Å². The highest BCUT2D eigenvalue weighted by atomic mass is 19.1. The van der Waals surface area contributed by atoms with Gasteiger partial charge in [-0.15, -0.1) is 0 Å². The van der Waals surface area contributed by atoms with Crippen LogP contribution in [0.4, 0.5) is 4.39 Å². The second-order valence-corrected chi connectivity index (χ2v) is 3.33. The van der Waals surface area contributed by atoms with Crippen molar-refractivity contribution >= 4 is 0 Å². The maximum Gasteiger partial charge on any atom is 0.120 e. The Morgan fingerprint density at radius 1 is 1.33 bits per heavy atom. The molecule has 0 aromatic carbocycles. The number of hydrogen-bond donors (Lipinski definition) is 1. The molecule has 0 bridgehead atoms. The number of rotatable bonds is 2. The van der Waals surface area contributed by atoms with Gasteiger partial charge in [0.15, 0.2) is 0 Å². The normalized spacial score (nSPS) is 16.3. The van der Waals surface area contributed by atoms with Crippen molar-refractivity contribution in [2.45, 2.75) is 39.4 Å². The minimum absolute atomic E-state index is 0.213. The van der Waals surface area contributed by atoms with Crippen molar-refractivity contribution < 1.29 is 4.39 Å². The molecule has 0 radical (unpaired) electrons. The third-order valence-electron chi connectivity index (χ3n) is 1.51. The van der Waals surface area contributed by atoms with E-state index in [0.717, 1.165) is 0 Å². The van der Waals surface area contributed by atoms with E-state index in [1.54, 1.807) is 0 Å². The monoisotopic (exact) mass is 133 g/mol. The van der Waals surface area contributed by atoms with E-state index in [0.29, 0.717) is 0 Å². The first-order valence-corrected chi connectivity index (χ1v) is 3.30. The Morgan fingerprint density at radius 2 is 1.67 bits per heavy atom. The van der Waals surface area contributed by atoms with Gasteiger partial charge in [0.1, 0.15) is 5.67 Å². The predicted molar refractivity (Wildman–Crippen MR) is 38.0 cm³/mol. The Kier molecular flexibility index (Phi) is 2.62. The van der Waals surface area contributed by atoms with Crippen molar-refractivity contribution in [1.82, 2.24) is 0 Å². The summed E-state index contributed by atoms with van der Waals surface area (Å²) in [5, 5.41) is 0. The van der Waals surface area contributed by atoms with E-state index in [1.807, 2.05) is 13.8 Å². The van der Waals surface area contributed by atoms with Crippen molar-refractivity contribution in [2.24, 2.45) is 11.7 Å². The molecule has 0 rings (SSSR count). The minimum Gasteiger partial charge on any atom is -0.325 e. The van der Waals surface area contributed by atoms with E-state index in [-0.39, 0.29) is 12.0 Å². The van der Waals surface area contributed by atoms with E-state index in [4.69, 9.17) is 5.73 Å². The van der Waals surface area contributed by atoms with Gasteiger partial charge >= 0.3 is 0 Å². The van der Waals surface area contributed by atoms with E-state index < -0.39 is 5.67 Å². The molecule has 0 aromatic rings. The lowest BCUT2D eigenvalue weighted by molar-refractivity contribution is 0.145. The van der Waals surface area contributed by atoms with Crippen LogP contribution in [0.25, 0.3) is 0 Å². The van der Waals surface area contributed by atoms with Gasteiger partial charge in [0.05, 0.1) is 0 Å². The second-order valence-electron chi connectivity index (χ2n) is 3.33. The molecule has 1 unspecified atom stereocenters. The molecule has 0 spiro atoms. The number of hydrogen-bond acceptors (Lipinski definition) is 1. The molecular formula is C7H16FN. The van der Waals surface area contributed by atoms with Crippen LogP contribution in [0.1, 0.15) is 27.7 Å². The van der Waals surface area contributed by atoms with Crippen LogP contribution >= 0.6 is 0 Å². The molecule has 1 nitrogen and oxygen atoms in total. The summed E-state index contributed by atoms with van der Waals surface area (Å²) in [5.41, 5.74) is 4.28. The van der Waals surface area contributed by atoms with Gasteiger partial charge in [-0.1, -0.05) is 13.8 Å². The highest BCUT2D eigenvalue weighted by Crippen LogP contribution is 2.18. The standard InChI is InChI=1S/C7H16FN/c1-5(2)6(9)7(3,4)8/h5-6H,9H2,1-4H3. The topological polar surface area (TPSA) is 26.0 Å². The molecule has 56 valence electrons. The summed E-state index contributed by atoms with van der Waals surface area (Å²) >= 11 is 0. The van der Waals surface area contributed by atoms with Gasteiger partial charge in [0.2, 0.25) is 0 Å². The van der Waals surface area contributed by atoms with Crippen LogP contribution in [0, 0.1) is 5.92 Å². The number of halogens is 1. The molecule has 0 fully saturated rings. The second kappa shape index (κ2) is 2.65. The quantitative estimate of drug-likeness (QED) is 0.609. The molecule has 0 saturated carbocycles. The van der Waals surface area contributed by atoms with E-state index >= 15 is 0 Å². The Hall–Kier alpha value is -0.110. The molecule has 0 aliphatic carbocycles. The fourth-order valence-corrected chi connectivity index (χ4v) is 0.793. The van der Waals surface area contributed by atoms with Gasteiger partial charge in [0, 0.05) is 6.04 Å². The zero-order valence-corrected chi connectivity index (χ0v) is 6.61. The third kappa shape index (κ3) is 2.80. The smallest absolute Gasteiger partial charge is 0.120 e. The molecular weight excluding hydrogens is 117 g/mol. The third-order valence-corrected chi connectivity index (χ3v) is 1.51. The summed E-state index contributed by atoms with van der Waals surface area (Å²) in [5.74, 6) is 0.213. The molecule has 0 heterocycles. The van der Waals surface area contributed by atoms with Crippen molar-refractivity contribution in [3.63, 3.8) is 0 Å². The van der Waals surface area contributed by atoms with Crippen LogP contribution in [0.5, 0.6) is 0 Å². The Labute approximate surface area is 56.4 Å². The van der Waals surface area contributed by atoms with Gasteiger partial charge in [-0.25, -0.2) is 4.39 Å². The summed E-state index contributed by atoms with van der Waals surface area (Å²) in [6.45, 7) is 6.87. The van der Waals surface area contributed by atoms with Crippen molar-refractivity contribution in [3.05, 3.63) is 0 Å². The van der Waals surface area contributed by atoms with Crippen LogP contribution in [-0.2, 0) is 0 Å². The van der Waals surface area contributed by atoms with Crippen molar-refractivity contribution in [1.29, 1.82) is 0 Å². The fourth-order valence-electron chi connectivity index (χ4n) is 0.793. The van der Waals surface area contributed by atoms with Gasteiger partial charge in [-0.3, -0.25) is 0 Å². The molecule has 9 heavy (non-hydrogen) atoms. The highest BCUT2D eigenvalue weighted by Gasteiger charge is 2.27. The van der Waals surface area contributed by atoms with Gasteiger partial charge < -0.3 is 5.73 Å². The average Bonchev–Trinajstić information content (AvgIpc) is 1.62. The first kappa shape index (κ1) is 8.89. The lowest BCUT2D eigenvalue weighted by Crippen LogP contribution is -2.43. The first-order valence-electron chi connectivity index (χ1n) is 3.30. The highest BCUT2D eigenvalue weighted by molar-refractivity contribution is 4.82. The molecule has 0 aliphatic heterocycles. The van der Waals surface area contributed by atoms with Crippen LogP contribution in [-0.4, -0.2) is 11.7 Å². The molecule has 2 N–H and O–H groups in total. The molecule has 0 aliphatic rings. The van der Waals surface area contributed by atoms with E-state index in [2.05, 4.69) is 0 Å². The van der Waals surface area contributed by atoms with Crippen molar-refractivity contribution in [3.8, 4) is 0 Å². The van der Waals surface area contributed by atoms with Gasteiger partial charge in [0.25, 0.3) is 0 Å². The summed E-state index contributed by atoms with van der Waals surface area (Å²) in [6.07, 6.45) is 0. The van der Waals surface area contributed by atoms with Gasteiger partial charge in [-0.2, -0.15) is 0 Å². The van der Waals surface area contributed by atoms with Crippen LogP contribution < -0.4 is 5.73 Å². The van der Waals surface area contributed by atoms with Crippen LogP contribution in [0.3, 0.4) is 0 Å². The molecule has 0 aromatic heterocycles. The molecule has 1 atom stereocenters. The summed E-state index contributed by atoms with van der Waals surface area (Å²) in [7, 11) is 0. The molecule has 0 saturated heterocycles. The molecule has 0 amide bonds. The lowest BCUT2D eigenvalue weighted by atomic mass is 9.92. The Balaban J connectivity index is 3.88. The summed E-state index contributed by atoms with van der Waals surface area (Å²) in [6, 6.07) is -0.350. The van der Waals surface area contributed by atoms with E-state index in [1.165, 1.54) is 13.8 Å². The Bertz CT molecular complexity index is 83.4. The molecule has 2 heteroatoms. The van der Waals surface area contributed by atoms with Gasteiger partial charge in [-0.05, 0) is 19.8 Å². The average molecular weight is 133 g/mol. The fraction of sp³-hybridized carbons (Fsp3) is 1.00. The SMILES string of the molecule is CC(C)C(N)C(C)(C)F. The Morgan fingerprint density at radius 3 is 1.67 bits per heavy atom. The maximum atomic E-state index is 12.9. The zero-order chi connectivity index (χ0) is 7.65. The van der Waals surface area contributed by atoms with Crippen molar-refractivity contribution in [2.75, 3.05) is 0 Å². The lowest BCUT2D eigenvalue weighted by Gasteiger charge is -2.25. The minimum atomic E-state index is -1.24. The number of alkyl halides is 1. The summed E-state index contributed by atoms with van der Waals surface area (Å²) in [4.78, 5) is 0.